The maximum Gasteiger partial charge on any atom is 0.310 e. The Morgan fingerprint density at radius 2 is 2.05 bits per heavy atom. The molecule has 1 fully saturated rings. The molecule has 0 unspecified atom stereocenters. The molecule has 0 saturated heterocycles. The van der Waals surface area contributed by atoms with Crippen molar-refractivity contribution < 1.29 is 14.7 Å². The van der Waals surface area contributed by atoms with Crippen molar-refractivity contribution in [1.29, 1.82) is 0 Å². The van der Waals surface area contributed by atoms with Gasteiger partial charge in [0.05, 0.1) is 5.41 Å². The first kappa shape index (κ1) is 16.8. The largest absolute Gasteiger partial charge is 0.481 e. The Hall–Kier alpha value is -1.55. The quantitative estimate of drug-likeness (QED) is 0.843. The minimum atomic E-state index is -0.858. The molecule has 0 spiro atoms. The first-order valence-electron chi connectivity index (χ1n) is 7.51. The fourth-order valence-electron chi connectivity index (χ4n) is 2.77. The van der Waals surface area contributed by atoms with E-state index in [1.165, 1.54) is 0 Å². The summed E-state index contributed by atoms with van der Waals surface area (Å²) in [4.78, 5) is 23.4. The molecule has 0 heterocycles. The van der Waals surface area contributed by atoms with Gasteiger partial charge in [-0.3, -0.25) is 9.59 Å². The van der Waals surface area contributed by atoms with E-state index in [2.05, 4.69) is 5.32 Å². The van der Waals surface area contributed by atoms with Gasteiger partial charge in [0.1, 0.15) is 0 Å². The summed E-state index contributed by atoms with van der Waals surface area (Å²) < 4.78 is 0. The lowest BCUT2D eigenvalue weighted by Crippen LogP contribution is -2.44. The van der Waals surface area contributed by atoms with E-state index in [4.69, 9.17) is 11.6 Å². The average Bonchev–Trinajstić information content (AvgIpc) is 2.40. The molecular formula is C17H22ClNO3. The van der Waals surface area contributed by atoms with E-state index < -0.39 is 11.4 Å². The lowest BCUT2D eigenvalue weighted by atomic mass is 9.66. The number of carbonyl (C=O) groups excluding carboxylic acids is 1. The van der Waals surface area contributed by atoms with Crippen molar-refractivity contribution >= 4 is 23.5 Å². The van der Waals surface area contributed by atoms with Gasteiger partial charge in [0.15, 0.2) is 0 Å². The Bertz CT molecular complexity index is 579. The van der Waals surface area contributed by atoms with E-state index >= 15 is 0 Å². The van der Waals surface area contributed by atoms with Crippen LogP contribution in [0, 0.1) is 5.41 Å². The molecule has 4 nitrogen and oxygen atoms in total. The minimum absolute atomic E-state index is 0.0635. The fourth-order valence-corrected chi connectivity index (χ4v) is 2.96. The van der Waals surface area contributed by atoms with Crippen LogP contribution in [0.1, 0.15) is 45.1 Å². The normalized spacial score (nSPS) is 16.7. The lowest BCUT2D eigenvalue weighted by molar-refractivity contribution is -0.157. The summed E-state index contributed by atoms with van der Waals surface area (Å²) in [5, 5.41) is 12.8. The van der Waals surface area contributed by atoms with Gasteiger partial charge >= 0.3 is 5.97 Å². The predicted octanol–water partition coefficient (Wildman–Crippen LogP) is 3.38. The maximum absolute atomic E-state index is 12.1. The van der Waals surface area contributed by atoms with Crippen LogP contribution in [-0.2, 0) is 15.0 Å². The monoisotopic (exact) mass is 323 g/mol. The van der Waals surface area contributed by atoms with Crippen LogP contribution in [-0.4, -0.2) is 23.5 Å². The number of carboxylic acids is 1. The maximum atomic E-state index is 12.1. The standard InChI is InChI=1S/C17H22ClNO3/c1-16(2,12-5-3-6-13(18)9-12)11-19-14(20)10-17(15(21)22)7-4-8-17/h3,5-6,9H,4,7-8,10-11H2,1-2H3,(H,19,20)(H,21,22). The van der Waals surface area contributed by atoms with E-state index in [9.17, 15) is 14.7 Å². The van der Waals surface area contributed by atoms with Gasteiger partial charge < -0.3 is 10.4 Å². The van der Waals surface area contributed by atoms with E-state index in [1.54, 1.807) is 0 Å². The topological polar surface area (TPSA) is 66.4 Å². The number of carboxylic acid groups (broad SMARTS) is 1. The van der Waals surface area contributed by atoms with Crippen LogP contribution in [0.25, 0.3) is 0 Å². The molecule has 1 aliphatic rings. The Labute approximate surface area is 135 Å². The zero-order valence-corrected chi connectivity index (χ0v) is 13.7. The van der Waals surface area contributed by atoms with Crippen LogP contribution < -0.4 is 5.32 Å². The van der Waals surface area contributed by atoms with E-state index in [-0.39, 0.29) is 17.7 Å². The van der Waals surface area contributed by atoms with Crippen molar-refractivity contribution in [3.63, 3.8) is 0 Å². The van der Waals surface area contributed by atoms with Crippen molar-refractivity contribution in [2.24, 2.45) is 5.41 Å². The van der Waals surface area contributed by atoms with Gasteiger partial charge in [0.2, 0.25) is 5.91 Å². The predicted molar refractivity (Wildman–Crippen MR) is 86.0 cm³/mol. The molecule has 0 aromatic heterocycles. The number of benzene rings is 1. The number of nitrogens with one attached hydrogen (secondary N) is 1. The Balaban J connectivity index is 1.94. The Morgan fingerprint density at radius 3 is 2.55 bits per heavy atom. The van der Waals surface area contributed by atoms with Gasteiger partial charge in [-0.15, -0.1) is 0 Å². The molecule has 2 rings (SSSR count). The molecule has 1 aromatic carbocycles. The van der Waals surface area contributed by atoms with Crippen molar-refractivity contribution in [2.45, 2.75) is 44.9 Å². The van der Waals surface area contributed by atoms with E-state index in [0.29, 0.717) is 24.4 Å². The van der Waals surface area contributed by atoms with Crippen molar-refractivity contribution in [3.05, 3.63) is 34.9 Å². The smallest absolute Gasteiger partial charge is 0.310 e. The number of hydrogen-bond donors (Lipinski definition) is 2. The summed E-state index contributed by atoms with van der Waals surface area (Å²) in [6.07, 6.45) is 2.13. The summed E-state index contributed by atoms with van der Waals surface area (Å²) in [5.74, 6) is -1.06. The van der Waals surface area contributed by atoms with Crippen LogP contribution >= 0.6 is 11.6 Å². The van der Waals surface area contributed by atoms with E-state index in [0.717, 1.165) is 12.0 Å². The molecule has 0 radical (unpaired) electrons. The Morgan fingerprint density at radius 1 is 1.36 bits per heavy atom. The third-order valence-corrected chi connectivity index (χ3v) is 4.83. The summed E-state index contributed by atoms with van der Waals surface area (Å²) in [6, 6.07) is 7.56. The average molecular weight is 324 g/mol. The summed E-state index contributed by atoms with van der Waals surface area (Å²) in [5.41, 5.74) is -0.0715. The molecule has 2 N–H and O–H groups in total. The van der Waals surface area contributed by atoms with Gasteiger partial charge in [-0.05, 0) is 30.5 Å². The molecule has 1 amide bonds. The van der Waals surface area contributed by atoms with Crippen LogP contribution in [0.4, 0.5) is 0 Å². The zero-order valence-electron chi connectivity index (χ0n) is 13.0. The van der Waals surface area contributed by atoms with Crippen molar-refractivity contribution in [1.82, 2.24) is 5.32 Å². The highest BCUT2D eigenvalue weighted by Gasteiger charge is 2.45. The lowest BCUT2D eigenvalue weighted by Gasteiger charge is -2.37. The number of halogens is 1. The highest BCUT2D eigenvalue weighted by molar-refractivity contribution is 6.30. The minimum Gasteiger partial charge on any atom is -0.481 e. The molecule has 1 aliphatic carbocycles. The molecule has 0 bridgehead atoms. The molecule has 0 aliphatic heterocycles. The van der Waals surface area contributed by atoms with Gasteiger partial charge in [-0.2, -0.15) is 0 Å². The van der Waals surface area contributed by atoms with Crippen LogP contribution in [0.5, 0.6) is 0 Å². The number of rotatable bonds is 6. The van der Waals surface area contributed by atoms with Crippen LogP contribution in [0.3, 0.4) is 0 Å². The molecule has 120 valence electrons. The Kier molecular flexibility index (Phi) is 4.81. The van der Waals surface area contributed by atoms with Crippen molar-refractivity contribution in [2.75, 3.05) is 6.54 Å². The summed E-state index contributed by atoms with van der Waals surface area (Å²) in [7, 11) is 0. The third kappa shape index (κ3) is 3.61. The van der Waals surface area contributed by atoms with Crippen LogP contribution in [0.15, 0.2) is 24.3 Å². The van der Waals surface area contributed by atoms with Crippen LogP contribution in [0.2, 0.25) is 5.02 Å². The molecule has 1 saturated carbocycles. The van der Waals surface area contributed by atoms with Gasteiger partial charge in [-0.1, -0.05) is 44.0 Å². The highest BCUT2D eigenvalue weighted by atomic mass is 35.5. The molecule has 5 heteroatoms. The van der Waals surface area contributed by atoms with Gasteiger partial charge in [0, 0.05) is 23.4 Å². The SMILES string of the molecule is CC(C)(CNC(=O)CC1(C(=O)O)CCC1)c1cccc(Cl)c1. The summed E-state index contributed by atoms with van der Waals surface area (Å²) in [6.45, 7) is 4.49. The molecular weight excluding hydrogens is 302 g/mol. The molecule has 0 atom stereocenters. The second kappa shape index (κ2) is 6.29. The second-order valence-corrected chi connectivity index (χ2v) is 7.22. The number of hydrogen-bond acceptors (Lipinski definition) is 2. The molecule has 22 heavy (non-hydrogen) atoms. The van der Waals surface area contributed by atoms with Crippen molar-refractivity contribution in [3.8, 4) is 0 Å². The number of carbonyl (C=O) groups is 2. The van der Waals surface area contributed by atoms with Gasteiger partial charge in [0.25, 0.3) is 0 Å². The highest BCUT2D eigenvalue weighted by Crippen LogP contribution is 2.44. The number of aliphatic carboxylic acids is 1. The van der Waals surface area contributed by atoms with Gasteiger partial charge in [-0.25, -0.2) is 0 Å². The molecule has 1 aromatic rings. The zero-order chi connectivity index (χ0) is 16.4. The third-order valence-electron chi connectivity index (χ3n) is 4.60. The second-order valence-electron chi connectivity index (χ2n) is 6.79. The van der Waals surface area contributed by atoms with E-state index in [1.807, 2.05) is 38.1 Å². The first-order valence-corrected chi connectivity index (χ1v) is 7.89. The number of amides is 1. The first-order chi connectivity index (χ1) is 10.3. The fraction of sp³-hybridized carbons (Fsp3) is 0.529. The summed E-state index contributed by atoms with van der Waals surface area (Å²) >= 11 is 6.01.